The summed E-state index contributed by atoms with van der Waals surface area (Å²) in [5.74, 6) is 0.873. The molecule has 1 atom stereocenters. The maximum atomic E-state index is 6.16. The summed E-state index contributed by atoms with van der Waals surface area (Å²) in [6.07, 6.45) is 0. The molecular weight excluding hydrogens is 296 g/mol. The molecule has 1 heterocycles. The lowest BCUT2D eigenvalue weighted by Crippen LogP contribution is -2.28. The maximum Gasteiger partial charge on any atom is 0.127 e. The lowest BCUT2D eigenvalue weighted by atomic mass is 10.0. The Balaban J connectivity index is 1.86. The van der Waals surface area contributed by atoms with Crippen molar-refractivity contribution >= 4 is 23.1 Å². The highest BCUT2D eigenvalue weighted by Gasteiger charge is 2.11. The van der Waals surface area contributed by atoms with Gasteiger partial charge in [-0.25, -0.2) is 0 Å². The summed E-state index contributed by atoms with van der Waals surface area (Å²) in [6.45, 7) is 5.32. The van der Waals surface area contributed by atoms with Crippen molar-refractivity contribution in [2.24, 2.45) is 4.99 Å². The number of anilines is 1. The molecule has 0 fully saturated rings. The number of hydrogen-bond donors (Lipinski definition) is 1. The van der Waals surface area contributed by atoms with Crippen molar-refractivity contribution in [2.75, 3.05) is 18.5 Å². The van der Waals surface area contributed by atoms with Crippen LogP contribution in [0.3, 0.4) is 0 Å². The molecule has 0 spiro atoms. The van der Waals surface area contributed by atoms with Crippen LogP contribution in [0.15, 0.2) is 47.5 Å². The molecule has 0 aromatic heterocycles. The number of rotatable bonds is 2. The van der Waals surface area contributed by atoms with Gasteiger partial charge in [0.15, 0.2) is 0 Å². The fourth-order valence-corrected chi connectivity index (χ4v) is 2.87. The molecule has 22 heavy (non-hydrogen) atoms. The van der Waals surface area contributed by atoms with Crippen LogP contribution in [0.25, 0.3) is 11.1 Å². The summed E-state index contributed by atoms with van der Waals surface area (Å²) in [6, 6.07) is 14.5. The van der Waals surface area contributed by atoms with E-state index in [0.29, 0.717) is 13.2 Å². The van der Waals surface area contributed by atoms with Gasteiger partial charge in [-0.3, -0.25) is 4.99 Å². The first-order valence-electron chi connectivity index (χ1n) is 7.39. The predicted molar refractivity (Wildman–Crippen MR) is 93.0 cm³/mol. The quantitative estimate of drug-likeness (QED) is 0.882. The van der Waals surface area contributed by atoms with E-state index in [1.165, 1.54) is 0 Å². The van der Waals surface area contributed by atoms with E-state index in [2.05, 4.69) is 28.5 Å². The van der Waals surface area contributed by atoms with Gasteiger partial charge in [-0.15, -0.1) is 0 Å². The van der Waals surface area contributed by atoms with E-state index in [1.807, 2.05) is 38.1 Å². The Kier molecular flexibility index (Phi) is 4.46. The summed E-state index contributed by atoms with van der Waals surface area (Å²) < 4.78 is 5.50. The second-order valence-electron chi connectivity index (χ2n) is 5.66. The first-order chi connectivity index (χ1) is 10.6. The highest BCUT2D eigenvalue weighted by atomic mass is 35.5. The van der Waals surface area contributed by atoms with Gasteiger partial charge in [0.2, 0.25) is 0 Å². The van der Waals surface area contributed by atoms with Crippen LogP contribution < -0.4 is 5.32 Å². The molecule has 0 radical (unpaired) electrons. The largest absolute Gasteiger partial charge is 0.371 e. The number of aryl methyl sites for hydroxylation is 1. The van der Waals surface area contributed by atoms with Crippen molar-refractivity contribution < 1.29 is 4.74 Å². The number of nitrogens with zero attached hydrogens (tertiary/aromatic N) is 1. The zero-order valence-corrected chi connectivity index (χ0v) is 13.5. The number of hydrogen-bond acceptors (Lipinski definition) is 3. The molecule has 2 aromatic carbocycles. The van der Waals surface area contributed by atoms with Crippen LogP contribution in [-0.2, 0) is 4.74 Å². The molecule has 2 aromatic rings. The minimum atomic E-state index is 0.204. The molecule has 4 heteroatoms. The van der Waals surface area contributed by atoms with Gasteiger partial charge in [-0.05, 0) is 54.8 Å². The highest BCUT2D eigenvalue weighted by Crippen LogP contribution is 2.26. The lowest BCUT2D eigenvalue weighted by molar-refractivity contribution is 0.149. The number of benzene rings is 2. The first-order valence-corrected chi connectivity index (χ1v) is 7.77. The van der Waals surface area contributed by atoms with E-state index in [-0.39, 0.29) is 6.04 Å². The maximum absolute atomic E-state index is 6.16. The van der Waals surface area contributed by atoms with Crippen LogP contribution in [0.5, 0.6) is 0 Å². The van der Waals surface area contributed by atoms with Gasteiger partial charge in [0.05, 0.1) is 12.6 Å². The number of nitrogens with one attached hydrogen (secondary N) is 1. The van der Waals surface area contributed by atoms with Crippen molar-refractivity contribution in [1.29, 1.82) is 0 Å². The van der Waals surface area contributed by atoms with E-state index in [0.717, 1.165) is 33.2 Å². The van der Waals surface area contributed by atoms with Gasteiger partial charge in [-0.1, -0.05) is 29.8 Å². The van der Waals surface area contributed by atoms with E-state index in [9.17, 15) is 0 Å². The van der Waals surface area contributed by atoms with Crippen LogP contribution in [0.4, 0.5) is 5.69 Å². The van der Waals surface area contributed by atoms with Crippen LogP contribution in [0, 0.1) is 6.92 Å². The molecule has 1 aliphatic rings. The molecule has 0 saturated heterocycles. The Morgan fingerprint density at radius 3 is 2.82 bits per heavy atom. The van der Waals surface area contributed by atoms with Crippen LogP contribution in [-0.4, -0.2) is 25.1 Å². The van der Waals surface area contributed by atoms with Gasteiger partial charge < -0.3 is 10.1 Å². The summed E-state index contributed by atoms with van der Waals surface area (Å²) in [5, 5.41) is 4.10. The van der Waals surface area contributed by atoms with Gasteiger partial charge in [0.1, 0.15) is 12.4 Å². The average molecular weight is 315 g/mol. The van der Waals surface area contributed by atoms with Crippen molar-refractivity contribution in [3.05, 3.63) is 53.1 Å². The zero-order valence-electron chi connectivity index (χ0n) is 12.8. The van der Waals surface area contributed by atoms with Gasteiger partial charge in [0.25, 0.3) is 0 Å². The SMILES string of the molecule is Cc1cc(Cl)cc(-c2cccc(NC3=NC(C)COC3)c2)c1. The summed E-state index contributed by atoms with van der Waals surface area (Å²) in [7, 11) is 0. The summed E-state index contributed by atoms with van der Waals surface area (Å²) >= 11 is 6.16. The third kappa shape index (κ3) is 3.67. The molecule has 0 bridgehead atoms. The molecule has 0 saturated carbocycles. The third-order valence-electron chi connectivity index (χ3n) is 3.50. The fraction of sp³-hybridized carbons (Fsp3) is 0.278. The first kappa shape index (κ1) is 15.1. The normalized spacial score (nSPS) is 18.0. The predicted octanol–water partition coefficient (Wildman–Crippen LogP) is 4.54. The molecule has 114 valence electrons. The van der Waals surface area contributed by atoms with Crippen LogP contribution >= 0.6 is 11.6 Å². The molecular formula is C18H19ClN2O. The van der Waals surface area contributed by atoms with Crippen LogP contribution in [0.1, 0.15) is 12.5 Å². The number of amidine groups is 1. The van der Waals surface area contributed by atoms with Gasteiger partial charge in [-0.2, -0.15) is 0 Å². The van der Waals surface area contributed by atoms with Gasteiger partial charge in [0, 0.05) is 10.7 Å². The Labute approximate surface area is 136 Å². The van der Waals surface area contributed by atoms with E-state index >= 15 is 0 Å². The van der Waals surface area contributed by atoms with Crippen LogP contribution in [0.2, 0.25) is 5.02 Å². The van der Waals surface area contributed by atoms with Crippen molar-refractivity contribution in [3.63, 3.8) is 0 Å². The molecule has 3 rings (SSSR count). The Hall–Kier alpha value is -1.84. The number of aliphatic imine (C=N–C) groups is 1. The number of ether oxygens (including phenoxy) is 1. The van der Waals surface area contributed by atoms with Gasteiger partial charge >= 0.3 is 0 Å². The monoisotopic (exact) mass is 314 g/mol. The zero-order chi connectivity index (χ0) is 15.5. The second kappa shape index (κ2) is 6.51. The Bertz CT molecular complexity index is 692. The van der Waals surface area contributed by atoms with Crippen molar-refractivity contribution in [3.8, 4) is 11.1 Å². The van der Waals surface area contributed by atoms with E-state index in [4.69, 9.17) is 16.3 Å². The Morgan fingerprint density at radius 2 is 2.05 bits per heavy atom. The molecule has 1 unspecified atom stereocenters. The molecule has 1 aliphatic heterocycles. The van der Waals surface area contributed by atoms with Crippen molar-refractivity contribution in [2.45, 2.75) is 19.9 Å². The summed E-state index contributed by atoms with van der Waals surface area (Å²) in [5.41, 5.74) is 4.40. The smallest absolute Gasteiger partial charge is 0.127 e. The van der Waals surface area contributed by atoms with E-state index < -0.39 is 0 Å². The fourth-order valence-electron chi connectivity index (χ4n) is 2.58. The topological polar surface area (TPSA) is 33.6 Å². The number of halogens is 1. The van der Waals surface area contributed by atoms with E-state index in [1.54, 1.807) is 0 Å². The molecule has 0 aliphatic carbocycles. The minimum Gasteiger partial charge on any atom is -0.371 e. The third-order valence-corrected chi connectivity index (χ3v) is 3.72. The lowest BCUT2D eigenvalue weighted by Gasteiger charge is -2.19. The molecule has 1 N–H and O–H groups in total. The highest BCUT2D eigenvalue weighted by molar-refractivity contribution is 6.31. The Morgan fingerprint density at radius 1 is 1.18 bits per heavy atom. The second-order valence-corrected chi connectivity index (χ2v) is 6.10. The average Bonchev–Trinajstić information content (AvgIpc) is 2.46. The molecule has 0 amide bonds. The summed E-state index contributed by atoms with van der Waals surface area (Å²) in [4.78, 5) is 4.57. The minimum absolute atomic E-state index is 0.204. The van der Waals surface area contributed by atoms with Crippen molar-refractivity contribution in [1.82, 2.24) is 0 Å². The standard InChI is InChI=1S/C18H19ClN2O/c1-12-6-15(8-16(19)7-12)14-4-3-5-17(9-14)21-18-11-22-10-13(2)20-18/h3-9,13H,10-11H2,1-2H3,(H,20,21). The molecule has 3 nitrogen and oxygen atoms in total.